The van der Waals surface area contributed by atoms with Gasteiger partial charge in [0.15, 0.2) is 12.7 Å². The van der Waals surface area contributed by atoms with Crippen LogP contribution in [-0.4, -0.2) is 28.9 Å². The molecule has 1 unspecified atom stereocenters. The van der Waals surface area contributed by atoms with E-state index >= 15 is 0 Å². The first-order valence-corrected chi connectivity index (χ1v) is 4.86. The number of carboxylic acids is 1. The van der Waals surface area contributed by atoms with Crippen molar-refractivity contribution in [1.29, 1.82) is 0 Å². The van der Waals surface area contributed by atoms with E-state index in [2.05, 4.69) is 9.78 Å². The molecule has 0 aromatic heterocycles. The lowest BCUT2D eigenvalue weighted by Gasteiger charge is -2.10. The molecule has 6 nitrogen and oxygen atoms in total. The van der Waals surface area contributed by atoms with Crippen LogP contribution in [0.25, 0.3) is 0 Å². The molecule has 1 atom stereocenters. The zero-order chi connectivity index (χ0) is 12.7. The number of aliphatic hydroxyl groups is 1. The molecule has 0 bridgehead atoms. The Hall–Kier alpha value is -1.92. The fourth-order valence-corrected chi connectivity index (χ4v) is 1.26. The van der Waals surface area contributed by atoms with Crippen LogP contribution in [0.15, 0.2) is 30.3 Å². The van der Waals surface area contributed by atoms with Gasteiger partial charge in [0.2, 0.25) is 0 Å². The Bertz CT molecular complexity index is 375. The minimum Gasteiger partial charge on any atom is -0.481 e. The number of benzene rings is 1. The van der Waals surface area contributed by atoms with Crippen molar-refractivity contribution in [2.75, 3.05) is 6.79 Å². The molecule has 0 spiro atoms. The average Bonchev–Trinajstić information content (AvgIpc) is 2.34. The molecule has 1 aromatic rings. The highest BCUT2D eigenvalue weighted by Crippen LogP contribution is 2.11. The highest BCUT2D eigenvalue weighted by Gasteiger charge is 2.29. The van der Waals surface area contributed by atoms with Crippen LogP contribution in [0.1, 0.15) is 5.56 Å². The van der Waals surface area contributed by atoms with Gasteiger partial charge in [0, 0.05) is 0 Å². The molecule has 1 aromatic carbocycles. The number of carbonyl (C=O) groups excluding carboxylic acids is 1. The van der Waals surface area contributed by atoms with Gasteiger partial charge < -0.3 is 10.2 Å². The number of carboxylic acid groups (broad SMARTS) is 1. The third kappa shape index (κ3) is 4.21. The van der Waals surface area contributed by atoms with Gasteiger partial charge in [-0.3, -0.25) is 9.68 Å². The van der Waals surface area contributed by atoms with Gasteiger partial charge in [-0.25, -0.2) is 4.79 Å². The molecule has 2 N–H and O–H groups in total. The van der Waals surface area contributed by atoms with E-state index in [9.17, 15) is 9.59 Å². The Labute approximate surface area is 97.3 Å². The van der Waals surface area contributed by atoms with E-state index < -0.39 is 24.6 Å². The van der Waals surface area contributed by atoms with Gasteiger partial charge in [0.25, 0.3) is 0 Å². The molecule has 17 heavy (non-hydrogen) atoms. The molecule has 0 aliphatic carbocycles. The SMILES string of the molecule is O=C(O)C(Cc1ccccc1)C(=O)OOCO. The molecule has 0 amide bonds. The molecule has 0 saturated carbocycles. The number of carbonyl (C=O) groups is 2. The van der Waals surface area contributed by atoms with Gasteiger partial charge in [-0.15, -0.1) is 0 Å². The Morgan fingerprint density at radius 3 is 2.41 bits per heavy atom. The van der Waals surface area contributed by atoms with E-state index in [4.69, 9.17) is 10.2 Å². The Kier molecular flexibility index (Phi) is 5.12. The van der Waals surface area contributed by atoms with Gasteiger partial charge in [-0.05, 0) is 12.0 Å². The van der Waals surface area contributed by atoms with Gasteiger partial charge in [0.05, 0.1) is 0 Å². The second-order valence-electron chi connectivity index (χ2n) is 3.23. The molecule has 0 heterocycles. The largest absolute Gasteiger partial charge is 0.481 e. The van der Waals surface area contributed by atoms with Crippen molar-refractivity contribution in [2.24, 2.45) is 5.92 Å². The molecule has 1 rings (SSSR count). The lowest BCUT2D eigenvalue weighted by molar-refractivity contribution is -0.305. The summed E-state index contributed by atoms with van der Waals surface area (Å²) in [6, 6.07) is 8.67. The van der Waals surface area contributed by atoms with Crippen LogP contribution in [0.4, 0.5) is 0 Å². The topological polar surface area (TPSA) is 93.1 Å². The molecule has 0 saturated heterocycles. The monoisotopic (exact) mass is 240 g/mol. The Balaban J connectivity index is 2.67. The van der Waals surface area contributed by atoms with E-state index in [1.165, 1.54) is 0 Å². The third-order valence-electron chi connectivity index (χ3n) is 2.06. The maximum Gasteiger partial charge on any atom is 0.357 e. The maximum absolute atomic E-state index is 11.3. The second kappa shape index (κ2) is 6.62. The Morgan fingerprint density at radius 2 is 1.88 bits per heavy atom. The summed E-state index contributed by atoms with van der Waals surface area (Å²) in [4.78, 5) is 30.3. The molecule has 0 aliphatic heterocycles. The zero-order valence-electron chi connectivity index (χ0n) is 8.91. The fourth-order valence-electron chi connectivity index (χ4n) is 1.26. The quantitative estimate of drug-likeness (QED) is 0.322. The van der Waals surface area contributed by atoms with Crippen molar-refractivity contribution < 1.29 is 29.6 Å². The third-order valence-corrected chi connectivity index (χ3v) is 2.06. The van der Waals surface area contributed by atoms with Crippen LogP contribution >= 0.6 is 0 Å². The number of hydrogen-bond acceptors (Lipinski definition) is 5. The predicted molar refractivity (Wildman–Crippen MR) is 55.5 cm³/mol. The summed E-state index contributed by atoms with van der Waals surface area (Å²) >= 11 is 0. The summed E-state index contributed by atoms with van der Waals surface area (Å²) in [5, 5.41) is 17.2. The van der Waals surface area contributed by atoms with Crippen LogP contribution in [0, 0.1) is 5.92 Å². The van der Waals surface area contributed by atoms with E-state index in [-0.39, 0.29) is 6.42 Å². The lowest BCUT2D eigenvalue weighted by Crippen LogP contribution is -2.28. The van der Waals surface area contributed by atoms with E-state index in [1.54, 1.807) is 30.3 Å². The van der Waals surface area contributed by atoms with Crippen molar-refractivity contribution in [3.05, 3.63) is 35.9 Å². The van der Waals surface area contributed by atoms with Crippen LogP contribution in [0.5, 0.6) is 0 Å². The molecular formula is C11H12O6. The summed E-state index contributed by atoms with van der Waals surface area (Å²) in [5.41, 5.74) is 0.695. The molecule has 6 heteroatoms. The van der Waals surface area contributed by atoms with Crippen LogP contribution < -0.4 is 0 Å². The molecule has 0 fully saturated rings. The first kappa shape index (κ1) is 13.1. The lowest BCUT2D eigenvalue weighted by atomic mass is 10.00. The average molecular weight is 240 g/mol. The molecule has 0 radical (unpaired) electrons. The summed E-state index contributed by atoms with van der Waals surface area (Å²) in [5.74, 6) is -3.71. The number of rotatable bonds is 6. The minimum absolute atomic E-state index is 0.00377. The summed E-state index contributed by atoms with van der Waals surface area (Å²) in [7, 11) is 0. The summed E-state index contributed by atoms with van der Waals surface area (Å²) < 4.78 is 0. The fraction of sp³-hybridized carbons (Fsp3) is 0.273. The first-order chi connectivity index (χ1) is 8.15. The van der Waals surface area contributed by atoms with Crippen LogP contribution in [-0.2, 0) is 25.8 Å². The number of aliphatic hydroxyl groups excluding tert-OH is 1. The van der Waals surface area contributed by atoms with E-state index in [1.807, 2.05) is 0 Å². The van der Waals surface area contributed by atoms with Gasteiger partial charge >= 0.3 is 11.9 Å². The Morgan fingerprint density at radius 1 is 1.24 bits per heavy atom. The zero-order valence-corrected chi connectivity index (χ0v) is 8.91. The smallest absolute Gasteiger partial charge is 0.357 e. The highest BCUT2D eigenvalue weighted by atomic mass is 17.2. The van der Waals surface area contributed by atoms with Gasteiger partial charge in [-0.1, -0.05) is 30.3 Å². The normalized spacial score (nSPS) is 11.8. The number of aliphatic carboxylic acids is 1. The predicted octanol–water partition coefficient (Wildman–Crippen LogP) is 0.355. The van der Waals surface area contributed by atoms with Gasteiger partial charge in [-0.2, -0.15) is 4.89 Å². The second-order valence-corrected chi connectivity index (χ2v) is 3.23. The standard InChI is InChI=1S/C11H12O6/c12-7-16-17-11(15)9(10(13)14)6-8-4-2-1-3-5-8/h1-5,9,12H,6-7H2,(H,13,14). The summed E-state index contributed by atoms with van der Waals surface area (Å²) in [6.45, 7) is -0.816. The maximum atomic E-state index is 11.3. The van der Waals surface area contributed by atoms with Crippen molar-refractivity contribution in [3.63, 3.8) is 0 Å². The highest BCUT2D eigenvalue weighted by molar-refractivity contribution is 5.93. The van der Waals surface area contributed by atoms with Crippen LogP contribution in [0.2, 0.25) is 0 Å². The number of hydrogen-bond donors (Lipinski definition) is 2. The molecule has 92 valence electrons. The molecule has 0 aliphatic rings. The van der Waals surface area contributed by atoms with Gasteiger partial charge in [0.1, 0.15) is 0 Å². The van der Waals surface area contributed by atoms with E-state index in [0.717, 1.165) is 0 Å². The summed E-state index contributed by atoms with van der Waals surface area (Å²) in [6.07, 6.45) is 0.00377. The van der Waals surface area contributed by atoms with Crippen molar-refractivity contribution in [1.82, 2.24) is 0 Å². The van der Waals surface area contributed by atoms with Crippen molar-refractivity contribution >= 4 is 11.9 Å². The van der Waals surface area contributed by atoms with Crippen molar-refractivity contribution in [3.8, 4) is 0 Å². The molecular weight excluding hydrogens is 228 g/mol. The van der Waals surface area contributed by atoms with Crippen molar-refractivity contribution in [2.45, 2.75) is 6.42 Å². The van der Waals surface area contributed by atoms with Crippen LogP contribution in [0.3, 0.4) is 0 Å². The van der Waals surface area contributed by atoms with E-state index in [0.29, 0.717) is 5.56 Å². The minimum atomic E-state index is -1.36. The first-order valence-electron chi connectivity index (χ1n) is 4.86.